The largest absolute Gasteiger partial charge is 0.193 e. The number of nitriles is 2. The maximum absolute atomic E-state index is 9.35. The molecular weight excluding hydrogens is 344 g/mol. The van der Waals surface area contributed by atoms with Crippen LogP contribution in [-0.2, 0) is 0 Å². The van der Waals surface area contributed by atoms with Crippen molar-refractivity contribution in [3.63, 3.8) is 0 Å². The summed E-state index contributed by atoms with van der Waals surface area (Å²) in [7, 11) is 0. The van der Waals surface area contributed by atoms with E-state index in [1.807, 2.05) is 12.2 Å². The van der Waals surface area contributed by atoms with Crippen molar-refractivity contribution in [2.75, 3.05) is 0 Å². The normalized spacial score (nSPS) is 43.4. The Labute approximate surface area is 118 Å². The molecule has 0 aromatic heterocycles. The molecule has 88 valence electrons. The van der Waals surface area contributed by atoms with Gasteiger partial charge in [-0.2, -0.15) is 10.5 Å². The summed E-state index contributed by atoms with van der Waals surface area (Å²) in [4.78, 5) is 0.0890. The molecule has 0 spiro atoms. The topological polar surface area (TPSA) is 47.6 Å². The van der Waals surface area contributed by atoms with Crippen molar-refractivity contribution in [2.24, 2.45) is 10.8 Å². The highest BCUT2D eigenvalue weighted by atomic mass is 79.9. The Bertz CT molecular complexity index is 508. The molecule has 0 fully saturated rings. The second kappa shape index (κ2) is 3.97. The fourth-order valence-electron chi connectivity index (χ4n) is 3.32. The number of hydrogen-bond donors (Lipinski definition) is 0. The standard InChI is InChI=1S/C13H12Br2N2/c1-3-13-9(7-17)5-10(14)12(13,2)8(6-16)4-11(13)15/h4-5,10-11H,3H2,1-2H3/t10-,11-,12+,13+/m1/s1. The van der Waals surface area contributed by atoms with Crippen molar-refractivity contribution in [3.8, 4) is 12.1 Å². The first-order chi connectivity index (χ1) is 7.98. The van der Waals surface area contributed by atoms with Gasteiger partial charge >= 0.3 is 0 Å². The molecule has 0 saturated carbocycles. The zero-order valence-corrected chi connectivity index (χ0v) is 12.8. The highest BCUT2D eigenvalue weighted by molar-refractivity contribution is 9.10. The summed E-state index contributed by atoms with van der Waals surface area (Å²) in [5.41, 5.74) is 0.939. The summed E-state index contributed by atoms with van der Waals surface area (Å²) in [5, 5.41) is 18.7. The maximum Gasteiger partial charge on any atom is 0.0951 e. The van der Waals surface area contributed by atoms with E-state index in [1.54, 1.807) is 0 Å². The van der Waals surface area contributed by atoms with Crippen LogP contribution < -0.4 is 0 Å². The van der Waals surface area contributed by atoms with E-state index in [0.29, 0.717) is 0 Å². The minimum Gasteiger partial charge on any atom is -0.193 e. The van der Waals surface area contributed by atoms with Crippen LogP contribution in [0.15, 0.2) is 23.3 Å². The van der Waals surface area contributed by atoms with Gasteiger partial charge in [-0.25, -0.2) is 0 Å². The summed E-state index contributed by atoms with van der Waals surface area (Å²) in [5.74, 6) is 0. The van der Waals surface area contributed by atoms with Crippen LogP contribution in [0.25, 0.3) is 0 Å². The van der Waals surface area contributed by atoms with Crippen LogP contribution in [0.2, 0.25) is 0 Å². The predicted octanol–water partition coefficient (Wildman–Crippen LogP) is 3.84. The van der Waals surface area contributed by atoms with E-state index in [1.165, 1.54) is 0 Å². The molecule has 4 heteroatoms. The summed E-state index contributed by atoms with van der Waals surface area (Å²) < 4.78 is 0. The zero-order chi connectivity index (χ0) is 12.8. The highest BCUT2D eigenvalue weighted by Crippen LogP contribution is 2.67. The van der Waals surface area contributed by atoms with Gasteiger partial charge in [0.25, 0.3) is 0 Å². The minimum absolute atomic E-state index is 0.0399. The average molecular weight is 356 g/mol. The molecule has 0 bridgehead atoms. The molecule has 4 atom stereocenters. The zero-order valence-electron chi connectivity index (χ0n) is 9.67. The third-order valence-electron chi connectivity index (χ3n) is 4.41. The fraction of sp³-hybridized carbons (Fsp3) is 0.538. The monoisotopic (exact) mass is 354 g/mol. The fourth-order valence-corrected chi connectivity index (χ4v) is 5.55. The van der Waals surface area contributed by atoms with Crippen LogP contribution in [0.5, 0.6) is 0 Å². The third-order valence-corrected chi connectivity index (χ3v) is 6.64. The Hall–Kier alpha value is -0.580. The quantitative estimate of drug-likeness (QED) is 0.671. The smallest absolute Gasteiger partial charge is 0.0951 e. The van der Waals surface area contributed by atoms with Gasteiger partial charge in [-0.3, -0.25) is 0 Å². The molecule has 2 aliphatic carbocycles. The molecule has 0 aromatic rings. The van der Waals surface area contributed by atoms with E-state index < -0.39 is 0 Å². The number of alkyl halides is 2. The summed E-state index contributed by atoms with van der Waals surface area (Å²) >= 11 is 7.27. The Morgan fingerprint density at radius 1 is 1.18 bits per heavy atom. The van der Waals surface area contributed by atoms with Crippen molar-refractivity contribution in [3.05, 3.63) is 23.3 Å². The summed E-state index contributed by atoms with van der Waals surface area (Å²) in [6, 6.07) is 4.61. The number of rotatable bonds is 1. The molecule has 0 amide bonds. The van der Waals surface area contributed by atoms with Gasteiger partial charge in [-0.05, 0) is 6.42 Å². The van der Waals surface area contributed by atoms with Gasteiger partial charge in [-0.1, -0.05) is 57.9 Å². The minimum atomic E-state index is -0.324. The molecule has 17 heavy (non-hydrogen) atoms. The van der Waals surface area contributed by atoms with Gasteiger partial charge in [0.1, 0.15) is 0 Å². The van der Waals surface area contributed by atoms with Crippen molar-refractivity contribution in [1.29, 1.82) is 10.5 Å². The van der Waals surface area contributed by atoms with Gasteiger partial charge in [0.2, 0.25) is 0 Å². The molecule has 0 saturated heterocycles. The van der Waals surface area contributed by atoms with Gasteiger partial charge in [0.05, 0.1) is 12.1 Å². The Balaban J connectivity index is 2.70. The molecule has 2 aliphatic rings. The molecule has 0 heterocycles. The van der Waals surface area contributed by atoms with Gasteiger partial charge in [0.15, 0.2) is 0 Å². The van der Waals surface area contributed by atoms with Crippen LogP contribution in [0.1, 0.15) is 20.3 Å². The molecule has 0 aromatic carbocycles. The summed E-state index contributed by atoms with van der Waals surface area (Å²) in [6.07, 6.45) is 4.76. The van der Waals surface area contributed by atoms with E-state index >= 15 is 0 Å². The maximum atomic E-state index is 9.35. The third kappa shape index (κ3) is 1.23. The van der Waals surface area contributed by atoms with E-state index in [2.05, 4.69) is 57.8 Å². The predicted molar refractivity (Wildman–Crippen MR) is 73.7 cm³/mol. The first kappa shape index (κ1) is 12.9. The molecule has 0 unspecified atom stereocenters. The molecule has 2 rings (SSSR count). The number of nitrogens with zero attached hydrogens (tertiary/aromatic N) is 2. The molecular formula is C13H12Br2N2. The lowest BCUT2D eigenvalue weighted by Crippen LogP contribution is -2.43. The lowest BCUT2D eigenvalue weighted by molar-refractivity contribution is 0.195. The second-order valence-electron chi connectivity index (χ2n) is 4.72. The van der Waals surface area contributed by atoms with Gasteiger partial charge in [-0.15, -0.1) is 0 Å². The van der Waals surface area contributed by atoms with Gasteiger partial charge in [0, 0.05) is 31.6 Å². The average Bonchev–Trinajstić information content (AvgIpc) is 2.69. The molecule has 0 aliphatic heterocycles. The van der Waals surface area contributed by atoms with Crippen LogP contribution in [-0.4, -0.2) is 9.65 Å². The SMILES string of the molecule is CC[C@@]12C(C#N)=C[C@@H](Br)[C@]1(C)C(C#N)=C[C@H]2Br. The van der Waals surface area contributed by atoms with E-state index in [-0.39, 0.29) is 20.5 Å². The number of allylic oxidation sites excluding steroid dienone is 4. The Morgan fingerprint density at radius 3 is 2.18 bits per heavy atom. The number of hydrogen-bond acceptors (Lipinski definition) is 2. The van der Waals surface area contributed by atoms with Crippen LogP contribution >= 0.6 is 31.9 Å². The lowest BCUT2D eigenvalue weighted by Gasteiger charge is -2.43. The lowest BCUT2D eigenvalue weighted by atomic mass is 9.62. The van der Waals surface area contributed by atoms with Gasteiger partial charge < -0.3 is 0 Å². The summed E-state index contributed by atoms with van der Waals surface area (Å²) in [6.45, 7) is 4.16. The Kier molecular flexibility index (Phi) is 3.00. The molecule has 0 radical (unpaired) electrons. The van der Waals surface area contributed by atoms with Crippen molar-refractivity contribution in [2.45, 2.75) is 29.9 Å². The first-order valence-corrected chi connectivity index (χ1v) is 7.35. The van der Waals surface area contributed by atoms with Crippen LogP contribution in [0.4, 0.5) is 0 Å². The molecule has 0 N–H and O–H groups in total. The van der Waals surface area contributed by atoms with Crippen molar-refractivity contribution in [1.82, 2.24) is 0 Å². The van der Waals surface area contributed by atoms with Crippen molar-refractivity contribution < 1.29 is 0 Å². The number of fused-ring (bicyclic) bond motifs is 1. The van der Waals surface area contributed by atoms with E-state index in [4.69, 9.17) is 0 Å². The van der Waals surface area contributed by atoms with E-state index in [9.17, 15) is 10.5 Å². The van der Waals surface area contributed by atoms with Crippen LogP contribution in [0, 0.1) is 33.5 Å². The second-order valence-corrected chi connectivity index (χ2v) is 6.69. The van der Waals surface area contributed by atoms with Crippen LogP contribution in [0.3, 0.4) is 0 Å². The highest BCUT2D eigenvalue weighted by Gasteiger charge is 2.65. The Morgan fingerprint density at radius 2 is 1.71 bits per heavy atom. The molecule has 2 nitrogen and oxygen atoms in total. The van der Waals surface area contributed by atoms with E-state index in [0.717, 1.165) is 17.6 Å². The first-order valence-electron chi connectivity index (χ1n) is 5.52. The van der Waals surface area contributed by atoms with Crippen molar-refractivity contribution >= 4 is 31.9 Å². The number of halogens is 2.